The van der Waals surface area contributed by atoms with Gasteiger partial charge < -0.3 is 5.11 Å². The molecule has 1 amide bonds. The lowest BCUT2D eigenvalue weighted by Gasteiger charge is -2.14. The molecular formula is C17H11Cl2NO2S2. The second kappa shape index (κ2) is 7.15. The highest BCUT2D eigenvalue weighted by Crippen LogP contribution is 2.37. The van der Waals surface area contributed by atoms with E-state index in [1.807, 2.05) is 30.3 Å². The molecule has 0 unspecified atom stereocenters. The van der Waals surface area contributed by atoms with Gasteiger partial charge in [-0.05, 0) is 29.3 Å². The van der Waals surface area contributed by atoms with Gasteiger partial charge in [-0.1, -0.05) is 77.5 Å². The number of thiocarbonyl (C=S) groups is 1. The van der Waals surface area contributed by atoms with E-state index in [9.17, 15) is 9.90 Å². The van der Waals surface area contributed by atoms with Gasteiger partial charge in [-0.25, -0.2) is 0 Å². The van der Waals surface area contributed by atoms with E-state index in [1.54, 1.807) is 23.1 Å². The summed E-state index contributed by atoms with van der Waals surface area (Å²) in [5.41, 5.74) is 1.63. The van der Waals surface area contributed by atoms with Crippen LogP contribution in [0, 0.1) is 0 Å². The number of halogens is 2. The molecule has 0 aromatic heterocycles. The standard InChI is InChI=1S/C17H11Cl2NO2S2/c18-12-6-11(7-13(19)15(12)21)8-14-16(22)20(17(23)24-14)9-10-4-2-1-3-5-10/h1-8,21H,9H2/b14-8-. The van der Waals surface area contributed by atoms with Crippen LogP contribution in [0.4, 0.5) is 0 Å². The molecule has 24 heavy (non-hydrogen) atoms. The van der Waals surface area contributed by atoms with Crippen molar-refractivity contribution in [1.29, 1.82) is 0 Å². The second-order valence-electron chi connectivity index (χ2n) is 5.09. The fourth-order valence-corrected chi connectivity index (χ4v) is 3.98. The number of carbonyl (C=O) groups is 1. The number of rotatable bonds is 3. The van der Waals surface area contributed by atoms with Crippen LogP contribution in [0.25, 0.3) is 6.08 Å². The Labute approximate surface area is 158 Å². The molecule has 7 heteroatoms. The van der Waals surface area contributed by atoms with Crippen molar-refractivity contribution in [2.24, 2.45) is 0 Å². The number of phenolic OH excluding ortho intramolecular Hbond substituents is 1. The van der Waals surface area contributed by atoms with E-state index in [-0.39, 0.29) is 21.7 Å². The summed E-state index contributed by atoms with van der Waals surface area (Å²) < 4.78 is 0.506. The zero-order chi connectivity index (χ0) is 17.3. The molecule has 0 aliphatic carbocycles. The van der Waals surface area contributed by atoms with Gasteiger partial charge in [-0.2, -0.15) is 0 Å². The van der Waals surface area contributed by atoms with Crippen molar-refractivity contribution >= 4 is 63.5 Å². The van der Waals surface area contributed by atoms with Gasteiger partial charge in [0.15, 0.2) is 5.75 Å². The Balaban J connectivity index is 1.86. The topological polar surface area (TPSA) is 40.5 Å². The highest BCUT2D eigenvalue weighted by Gasteiger charge is 2.32. The van der Waals surface area contributed by atoms with Gasteiger partial charge in [0.2, 0.25) is 0 Å². The number of aromatic hydroxyl groups is 1. The number of thioether (sulfide) groups is 1. The number of hydrogen-bond donors (Lipinski definition) is 1. The molecule has 2 aromatic carbocycles. The molecule has 0 radical (unpaired) electrons. The van der Waals surface area contributed by atoms with Crippen molar-refractivity contribution in [2.45, 2.75) is 6.54 Å². The molecule has 122 valence electrons. The largest absolute Gasteiger partial charge is 0.505 e. The number of hydrogen-bond acceptors (Lipinski definition) is 4. The van der Waals surface area contributed by atoms with Gasteiger partial charge in [0, 0.05) is 0 Å². The van der Waals surface area contributed by atoms with Crippen molar-refractivity contribution in [3.63, 3.8) is 0 Å². The predicted molar refractivity (Wildman–Crippen MR) is 103 cm³/mol. The minimum Gasteiger partial charge on any atom is -0.505 e. The Hall–Kier alpha value is -1.53. The molecule has 1 aliphatic heterocycles. The quantitative estimate of drug-likeness (QED) is 0.579. The van der Waals surface area contributed by atoms with Crippen molar-refractivity contribution < 1.29 is 9.90 Å². The highest BCUT2D eigenvalue weighted by molar-refractivity contribution is 8.26. The van der Waals surface area contributed by atoms with Crippen LogP contribution < -0.4 is 0 Å². The summed E-state index contributed by atoms with van der Waals surface area (Å²) in [5, 5.41) is 9.87. The summed E-state index contributed by atoms with van der Waals surface area (Å²) in [6.07, 6.45) is 1.67. The monoisotopic (exact) mass is 395 g/mol. The zero-order valence-corrected chi connectivity index (χ0v) is 15.3. The maximum atomic E-state index is 12.6. The number of amides is 1. The summed E-state index contributed by atoms with van der Waals surface area (Å²) in [6, 6.07) is 12.8. The van der Waals surface area contributed by atoms with Crippen LogP contribution in [0.1, 0.15) is 11.1 Å². The number of phenols is 1. The fraction of sp³-hybridized carbons (Fsp3) is 0.0588. The molecule has 1 saturated heterocycles. The molecule has 0 atom stereocenters. The van der Waals surface area contributed by atoms with Crippen molar-refractivity contribution in [3.05, 3.63) is 68.5 Å². The molecule has 3 nitrogen and oxygen atoms in total. The average molecular weight is 396 g/mol. The fourth-order valence-electron chi connectivity index (χ4n) is 2.22. The van der Waals surface area contributed by atoms with Crippen LogP contribution in [0.3, 0.4) is 0 Å². The first-order valence-corrected chi connectivity index (χ1v) is 8.91. The normalized spacial score (nSPS) is 16.2. The molecule has 0 saturated carbocycles. The molecule has 0 bridgehead atoms. The lowest BCUT2D eigenvalue weighted by Crippen LogP contribution is -2.27. The van der Waals surface area contributed by atoms with Crippen LogP contribution in [-0.4, -0.2) is 20.2 Å². The first-order valence-electron chi connectivity index (χ1n) is 6.93. The Kier molecular flexibility index (Phi) is 5.15. The first kappa shape index (κ1) is 17.3. The van der Waals surface area contributed by atoms with Crippen LogP contribution in [0.2, 0.25) is 10.0 Å². The van der Waals surface area contributed by atoms with E-state index >= 15 is 0 Å². The van der Waals surface area contributed by atoms with Gasteiger partial charge in [0.05, 0.1) is 21.5 Å². The van der Waals surface area contributed by atoms with E-state index < -0.39 is 0 Å². The number of benzene rings is 2. The van der Waals surface area contributed by atoms with Gasteiger partial charge >= 0.3 is 0 Å². The van der Waals surface area contributed by atoms with Gasteiger partial charge in [-0.15, -0.1) is 0 Å². The Morgan fingerprint density at radius 2 is 1.79 bits per heavy atom. The van der Waals surface area contributed by atoms with Crippen LogP contribution in [0.5, 0.6) is 5.75 Å². The van der Waals surface area contributed by atoms with E-state index in [1.165, 1.54) is 11.8 Å². The molecule has 1 aliphatic rings. The summed E-state index contributed by atoms with van der Waals surface area (Å²) in [5.74, 6) is -0.332. The zero-order valence-electron chi connectivity index (χ0n) is 12.2. The van der Waals surface area contributed by atoms with Crippen molar-refractivity contribution in [3.8, 4) is 5.75 Å². The first-order chi connectivity index (χ1) is 11.5. The van der Waals surface area contributed by atoms with Crippen molar-refractivity contribution in [1.82, 2.24) is 4.90 Å². The molecule has 0 spiro atoms. The summed E-state index contributed by atoms with van der Waals surface area (Å²) >= 11 is 18.4. The maximum absolute atomic E-state index is 12.6. The van der Waals surface area contributed by atoms with Crippen LogP contribution >= 0.6 is 47.2 Å². The highest BCUT2D eigenvalue weighted by atomic mass is 35.5. The Morgan fingerprint density at radius 1 is 1.17 bits per heavy atom. The molecule has 3 rings (SSSR count). The molecule has 1 fully saturated rings. The number of carbonyl (C=O) groups excluding carboxylic acids is 1. The predicted octanol–water partition coefficient (Wildman–Crippen LogP) is 5.10. The SMILES string of the molecule is O=C1/C(=C/c2cc(Cl)c(O)c(Cl)c2)SC(=S)N1Cc1ccccc1. The third kappa shape index (κ3) is 3.59. The van der Waals surface area contributed by atoms with E-state index in [0.29, 0.717) is 21.3 Å². The lowest BCUT2D eigenvalue weighted by atomic mass is 10.2. The van der Waals surface area contributed by atoms with Crippen molar-refractivity contribution in [2.75, 3.05) is 0 Å². The summed E-state index contributed by atoms with van der Waals surface area (Å²) in [6.45, 7) is 0.430. The Bertz CT molecular complexity index is 830. The summed E-state index contributed by atoms with van der Waals surface area (Å²) in [7, 11) is 0. The Morgan fingerprint density at radius 3 is 2.42 bits per heavy atom. The van der Waals surface area contributed by atoms with Gasteiger partial charge in [0.25, 0.3) is 5.91 Å². The number of nitrogens with zero attached hydrogens (tertiary/aromatic N) is 1. The smallest absolute Gasteiger partial charge is 0.266 e. The molecule has 2 aromatic rings. The van der Waals surface area contributed by atoms with E-state index in [0.717, 1.165) is 5.56 Å². The average Bonchev–Trinajstić information content (AvgIpc) is 2.81. The third-order valence-corrected chi connectivity index (χ3v) is 5.35. The van der Waals surface area contributed by atoms with Gasteiger partial charge in [-0.3, -0.25) is 9.69 Å². The summed E-state index contributed by atoms with van der Waals surface area (Å²) in [4.78, 5) is 14.6. The molecular weight excluding hydrogens is 385 g/mol. The maximum Gasteiger partial charge on any atom is 0.266 e. The minimum absolute atomic E-state index is 0.133. The second-order valence-corrected chi connectivity index (χ2v) is 7.58. The molecule has 1 heterocycles. The van der Waals surface area contributed by atoms with Crippen LogP contribution in [-0.2, 0) is 11.3 Å². The minimum atomic E-state index is -0.174. The molecule has 1 N–H and O–H groups in total. The van der Waals surface area contributed by atoms with Crippen LogP contribution in [0.15, 0.2) is 47.4 Å². The van der Waals surface area contributed by atoms with Gasteiger partial charge in [0.1, 0.15) is 4.32 Å². The van der Waals surface area contributed by atoms with E-state index in [4.69, 9.17) is 35.4 Å². The lowest BCUT2D eigenvalue weighted by molar-refractivity contribution is -0.122. The van der Waals surface area contributed by atoms with E-state index in [2.05, 4.69) is 0 Å². The third-order valence-electron chi connectivity index (χ3n) is 3.39.